The second kappa shape index (κ2) is 3.68. The van der Waals surface area contributed by atoms with Crippen LogP contribution in [-0.2, 0) is 0 Å². The molecule has 0 aliphatic carbocycles. The van der Waals surface area contributed by atoms with Crippen LogP contribution in [0.2, 0.25) is 0 Å². The Bertz CT molecular complexity index is 355. The number of nitrogens with zero attached hydrogens (tertiary/aromatic N) is 2. The van der Waals surface area contributed by atoms with Gasteiger partial charge in [0.1, 0.15) is 0 Å². The summed E-state index contributed by atoms with van der Waals surface area (Å²) in [5.41, 5.74) is 2.19. The van der Waals surface area contributed by atoms with E-state index in [9.17, 15) is 0 Å². The van der Waals surface area contributed by atoms with Crippen LogP contribution in [0.3, 0.4) is 0 Å². The number of halogens is 1. The molecule has 0 aliphatic rings. The predicted molar refractivity (Wildman–Crippen MR) is 57.1 cm³/mol. The fourth-order valence-corrected chi connectivity index (χ4v) is 2.25. The van der Waals surface area contributed by atoms with Crippen molar-refractivity contribution in [3.63, 3.8) is 0 Å². The summed E-state index contributed by atoms with van der Waals surface area (Å²) >= 11 is 2.52. The van der Waals surface area contributed by atoms with E-state index in [4.69, 9.17) is 0 Å². The molecule has 60 valence electrons. The van der Waals surface area contributed by atoms with Gasteiger partial charge in [0.05, 0.1) is 0 Å². The van der Waals surface area contributed by atoms with Crippen LogP contribution < -0.4 is 0 Å². The van der Waals surface area contributed by atoms with Crippen LogP contribution >= 0.6 is 22.6 Å². The van der Waals surface area contributed by atoms with Crippen LogP contribution in [0.1, 0.15) is 0 Å². The molecular formula is C8H5IN2Se. The molecule has 2 rings (SSSR count). The van der Waals surface area contributed by atoms with E-state index in [-0.39, 0.29) is 14.7 Å². The van der Waals surface area contributed by atoms with Crippen molar-refractivity contribution >= 4 is 37.3 Å². The average molecular weight is 335 g/mol. The molecule has 1 heterocycles. The third kappa shape index (κ3) is 1.76. The topological polar surface area (TPSA) is 25.8 Å². The molecule has 4 heteroatoms. The quantitative estimate of drug-likeness (QED) is 0.587. The van der Waals surface area contributed by atoms with Gasteiger partial charge in [-0.2, -0.15) is 0 Å². The molecule has 0 amide bonds. The van der Waals surface area contributed by atoms with E-state index in [1.165, 1.54) is 9.13 Å². The van der Waals surface area contributed by atoms with Gasteiger partial charge in [-0.15, -0.1) is 0 Å². The summed E-state index contributed by atoms with van der Waals surface area (Å²) in [6, 6.07) is 8.32. The normalized spacial score (nSPS) is 10.1. The number of rotatable bonds is 1. The molecule has 0 saturated carbocycles. The van der Waals surface area contributed by atoms with E-state index < -0.39 is 0 Å². The van der Waals surface area contributed by atoms with Crippen LogP contribution in [0.15, 0.2) is 29.2 Å². The molecule has 0 aliphatic heterocycles. The van der Waals surface area contributed by atoms with Crippen LogP contribution in [0.5, 0.6) is 0 Å². The van der Waals surface area contributed by atoms with Crippen molar-refractivity contribution in [1.82, 2.24) is 9.19 Å². The second-order valence-corrected chi connectivity index (χ2v) is 4.82. The van der Waals surface area contributed by atoms with Crippen molar-refractivity contribution in [3.05, 3.63) is 32.8 Å². The Kier molecular flexibility index (Phi) is 2.58. The van der Waals surface area contributed by atoms with Crippen molar-refractivity contribution in [3.8, 4) is 11.3 Å². The third-order valence-electron chi connectivity index (χ3n) is 1.50. The summed E-state index contributed by atoms with van der Waals surface area (Å²) < 4.78 is 5.20. The Hall–Kier alpha value is -0.191. The maximum absolute atomic E-state index is 4.05. The Balaban J connectivity index is 2.43. The monoisotopic (exact) mass is 336 g/mol. The number of benzene rings is 1. The van der Waals surface area contributed by atoms with E-state index in [2.05, 4.69) is 61.0 Å². The standard InChI is InChI=1S/C8H5IN2Se/c9-7-3-1-6(2-4-7)8-5-12-11-10-8/h1-5H. The molecule has 2 nitrogen and oxygen atoms in total. The molecule has 1 aromatic carbocycles. The van der Waals surface area contributed by atoms with E-state index in [1.54, 1.807) is 0 Å². The third-order valence-corrected chi connectivity index (χ3v) is 3.28. The fourth-order valence-electron chi connectivity index (χ4n) is 0.911. The maximum atomic E-state index is 4.05. The molecule has 0 fully saturated rings. The van der Waals surface area contributed by atoms with E-state index >= 15 is 0 Å². The Morgan fingerprint density at radius 3 is 2.50 bits per heavy atom. The van der Waals surface area contributed by atoms with E-state index in [0.717, 1.165) is 5.69 Å². The van der Waals surface area contributed by atoms with Crippen LogP contribution in [0.25, 0.3) is 11.3 Å². The molecule has 0 unspecified atom stereocenters. The molecule has 2 aromatic rings. The van der Waals surface area contributed by atoms with Crippen molar-refractivity contribution in [2.75, 3.05) is 0 Å². The van der Waals surface area contributed by atoms with Gasteiger partial charge >= 0.3 is 90.5 Å². The summed E-state index contributed by atoms with van der Waals surface area (Å²) in [7, 11) is 0. The Morgan fingerprint density at radius 1 is 1.17 bits per heavy atom. The van der Waals surface area contributed by atoms with Crippen LogP contribution in [0, 0.1) is 3.57 Å². The first kappa shape index (κ1) is 8.41. The van der Waals surface area contributed by atoms with E-state index in [0.29, 0.717) is 0 Å². The van der Waals surface area contributed by atoms with Gasteiger partial charge in [-0.25, -0.2) is 0 Å². The molecule has 0 spiro atoms. The molecule has 0 saturated heterocycles. The molecule has 0 N–H and O–H groups in total. The van der Waals surface area contributed by atoms with Gasteiger partial charge in [-0.3, -0.25) is 0 Å². The van der Waals surface area contributed by atoms with Gasteiger partial charge in [0.2, 0.25) is 0 Å². The summed E-state index contributed by atoms with van der Waals surface area (Å²) in [6.45, 7) is 0. The van der Waals surface area contributed by atoms with Crippen molar-refractivity contribution in [2.24, 2.45) is 0 Å². The minimum atomic E-state index is 0.234. The van der Waals surface area contributed by atoms with Crippen LogP contribution in [-0.4, -0.2) is 23.9 Å². The number of hydrogen-bond acceptors (Lipinski definition) is 2. The first-order valence-corrected chi connectivity index (χ1v) is 6.22. The van der Waals surface area contributed by atoms with Gasteiger partial charge in [0.25, 0.3) is 0 Å². The molecule has 1 aromatic heterocycles. The Labute approximate surface area is 90.1 Å². The molecule has 0 radical (unpaired) electrons. The summed E-state index contributed by atoms with van der Waals surface area (Å²) in [4.78, 5) is 2.09. The van der Waals surface area contributed by atoms with Gasteiger partial charge < -0.3 is 0 Å². The molecule has 12 heavy (non-hydrogen) atoms. The first-order valence-electron chi connectivity index (χ1n) is 3.39. The van der Waals surface area contributed by atoms with Crippen molar-refractivity contribution in [1.29, 1.82) is 0 Å². The van der Waals surface area contributed by atoms with Gasteiger partial charge in [0, 0.05) is 0 Å². The first-order chi connectivity index (χ1) is 5.86. The van der Waals surface area contributed by atoms with Gasteiger partial charge in [-0.05, 0) is 0 Å². The SMILES string of the molecule is Ic1ccc(-c2c[se]nn2)cc1. The van der Waals surface area contributed by atoms with Crippen LogP contribution in [0.4, 0.5) is 0 Å². The average Bonchev–Trinajstić information content (AvgIpc) is 2.58. The van der Waals surface area contributed by atoms with E-state index in [1.807, 2.05) is 0 Å². The zero-order valence-corrected chi connectivity index (χ0v) is 9.94. The summed E-state index contributed by atoms with van der Waals surface area (Å²) in [6.07, 6.45) is 0. The summed E-state index contributed by atoms with van der Waals surface area (Å²) in [5.74, 6) is 0. The Morgan fingerprint density at radius 2 is 1.92 bits per heavy atom. The zero-order valence-electron chi connectivity index (χ0n) is 6.07. The van der Waals surface area contributed by atoms with Gasteiger partial charge in [-0.1, -0.05) is 0 Å². The molecule has 0 bridgehead atoms. The number of aromatic nitrogens is 2. The van der Waals surface area contributed by atoms with Crippen molar-refractivity contribution in [2.45, 2.75) is 0 Å². The zero-order chi connectivity index (χ0) is 8.39. The number of hydrogen-bond donors (Lipinski definition) is 0. The summed E-state index contributed by atoms with van der Waals surface area (Å²) in [5, 5.41) is 4.05. The predicted octanol–water partition coefficient (Wildman–Crippen LogP) is 1.81. The molecular weight excluding hydrogens is 330 g/mol. The second-order valence-electron chi connectivity index (χ2n) is 2.30. The minimum absolute atomic E-state index is 0.234. The van der Waals surface area contributed by atoms with Crippen molar-refractivity contribution < 1.29 is 0 Å². The van der Waals surface area contributed by atoms with Gasteiger partial charge in [0.15, 0.2) is 0 Å². The fraction of sp³-hybridized carbons (Fsp3) is 0. The molecule has 0 atom stereocenters.